The first-order valence-electron chi connectivity index (χ1n) is 6.13. The van der Waals surface area contributed by atoms with Gasteiger partial charge in [0.2, 0.25) is 0 Å². The van der Waals surface area contributed by atoms with Crippen LogP contribution in [0.15, 0.2) is 24.3 Å². The van der Waals surface area contributed by atoms with Crippen LogP contribution >= 0.6 is 0 Å². The predicted octanol–water partition coefficient (Wildman–Crippen LogP) is -1.98. The minimum absolute atomic E-state index is 0. The van der Waals surface area contributed by atoms with Gasteiger partial charge >= 0.3 is 68.9 Å². The molecule has 0 heterocycles. The molecule has 2 unspecified atom stereocenters. The maximum Gasteiger partial charge on any atom is 1.00 e. The van der Waals surface area contributed by atoms with Crippen molar-refractivity contribution in [1.29, 1.82) is 0 Å². The maximum absolute atomic E-state index is 14.1. The van der Waals surface area contributed by atoms with Crippen molar-refractivity contribution in [3.05, 3.63) is 35.4 Å². The minimum Gasteiger partial charge on any atom is -0.735 e. The van der Waals surface area contributed by atoms with Crippen molar-refractivity contribution in [2.24, 2.45) is 0 Å². The van der Waals surface area contributed by atoms with Gasteiger partial charge in [0.15, 0.2) is 10.3 Å². The van der Waals surface area contributed by atoms with E-state index in [1.165, 1.54) is 6.07 Å². The van der Waals surface area contributed by atoms with E-state index in [0.717, 1.165) is 0 Å². The Hall–Kier alpha value is 0.632. The van der Waals surface area contributed by atoms with Gasteiger partial charge in [-0.1, -0.05) is 30.2 Å². The standard InChI is InChI=1S/C12H12FNO3S.Cs/c1-2-7-14(18(15,16)17)12-10-6-4-3-5-9(10)8-11(12)13;/h1,3-6,11-12H,7-8H2,(H,15,16,17);/q;+1/p-1/i7D2,13-1;. The van der Waals surface area contributed by atoms with Crippen LogP contribution in [0.1, 0.15) is 19.9 Å². The molecule has 2 atom stereocenters. The predicted molar refractivity (Wildman–Crippen MR) is 63.0 cm³/mol. The van der Waals surface area contributed by atoms with Gasteiger partial charge in [-0.2, -0.15) is 4.31 Å². The first-order chi connectivity index (χ1) is 9.18. The average molecular weight is 402 g/mol. The first-order valence-corrected chi connectivity index (χ1v) is 6.50. The van der Waals surface area contributed by atoms with E-state index < -0.39 is 29.0 Å². The Bertz CT molecular complexity index is 677. The molecule has 0 saturated heterocycles. The minimum atomic E-state index is -5.27. The second-order valence-electron chi connectivity index (χ2n) is 3.87. The number of fused-ring (bicyclic) bond motifs is 1. The number of nitrogens with zero attached hydrogens (tertiary/aromatic N) is 1. The van der Waals surface area contributed by atoms with Crippen molar-refractivity contribution in [2.75, 3.05) is 6.50 Å². The van der Waals surface area contributed by atoms with Crippen LogP contribution in [-0.2, 0) is 16.7 Å². The van der Waals surface area contributed by atoms with Crippen molar-refractivity contribution < 1.29 is 89.0 Å². The molecule has 0 aliphatic heterocycles. The van der Waals surface area contributed by atoms with Crippen LogP contribution in [0.25, 0.3) is 0 Å². The summed E-state index contributed by atoms with van der Waals surface area (Å²) in [6, 6.07) is 4.73. The number of alkyl halides is 1. The molecule has 96 valence electrons. The Balaban J connectivity index is 0.00000220. The molecule has 7 heteroatoms. The molecule has 19 heavy (non-hydrogen) atoms. The van der Waals surface area contributed by atoms with Gasteiger partial charge in [0, 0.05) is 6.42 Å². The molecule has 0 N–H and O–H groups in total. The van der Waals surface area contributed by atoms with Gasteiger partial charge in [-0.25, -0.2) is 12.8 Å². The molecule has 1 aliphatic carbocycles. The van der Waals surface area contributed by atoms with Crippen molar-refractivity contribution >= 4 is 10.3 Å². The van der Waals surface area contributed by atoms with Gasteiger partial charge < -0.3 is 4.55 Å². The van der Waals surface area contributed by atoms with Gasteiger partial charge in [0.25, 0.3) is 0 Å². The Morgan fingerprint density at radius 3 is 2.79 bits per heavy atom. The summed E-state index contributed by atoms with van der Waals surface area (Å²) in [5.74, 6) is 1.59. The average Bonchev–Trinajstić information content (AvgIpc) is 2.65. The summed E-state index contributed by atoms with van der Waals surface area (Å²) in [4.78, 5) is 0. The number of hydrogen-bond acceptors (Lipinski definition) is 3. The zero-order chi connectivity index (χ0) is 15.1. The van der Waals surface area contributed by atoms with Crippen LogP contribution in [-0.4, -0.2) is 29.9 Å². The van der Waals surface area contributed by atoms with Gasteiger partial charge in [0.1, 0.15) is 6.17 Å². The third-order valence-corrected chi connectivity index (χ3v) is 3.60. The number of rotatable bonds is 3. The fraction of sp³-hybridized carbons (Fsp3) is 0.333. The Morgan fingerprint density at radius 2 is 2.21 bits per heavy atom. The van der Waals surface area contributed by atoms with Crippen molar-refractivity contribution in [3.8, 4) is 12.3 Å². The van der Waals surface area contributed by atoms with Gasteiger partial charge in [-0.3, -0.25) is 0 Å². The summed E-state index contributed by atoms with van der Waals surface area (Å²) in [5, 5.41) is 0. The first kappa shape index (κ1) is 14.6. The van der Waals surface area contributed by atoms with Crippen LogP contribution in [0.3, 0.4) is 0 Å². The normalized spacial score (nSPS) is 23.9. The van der Waals surface area contributed by atoms with Crippen LogP contribution in [0.5, 0.6) is 0 Å². The van der Waals surface area contributed by atoms with E-state index in [0.29, 0.717) is 5.56 Å². The fourth-order valence-corrected chi connectivity index (χ4v) is 2.81. The van der Waals surface area contributed by atoms with Gasteiger partial charge in [-0.15, -0.1) is 6.42 Å². The molecule has 4 nitrogen and oxygen atoms in total. The molecule has 0 amide bonds. The van der Waals surface area contributed by atoms with Crippen LogP contribution in [0.2, 0.25) is 0 Å². The molecule has 0 spiro atoms. The topological polar surface area (TPSA) is 60.4 Å². The molecule has 0 saturated carbocycles. The second kappa shape index (κ2) is 7.07. The molecule has 1 aromatic rings. The Labute approximate surface area is 173 Å². The molecule has 1 aliphatic rings. The number of halogens is 1. The second-order valence-corrected chi connectivity index (χ2v) is 5.12. The number of hydrogen-bond donors (Lipinski definition) is 0. The SMILES string of the molecule is [2H]C([2H])(C#C)N(C1c2ccccc2CC1[18F])S(=O)(=O)[O-].[Cs+]. The van der Waals surface area contributed by atoms with Crippen molar-refractivity contribution in [1.82, 2.24) is 4.31 Å². The number of benzene rings is 1. The monoisotopic (exact) mass is 402 g/mol. The third kappa shape index (κ3) is 3.84. The molecule has 0 aromatic heterocycles. The van der Waals surface area contributed by atoms with Crippen molar-refractivity contribution in [2.45, 2.75) is 18.6 Å². The molecule has 1 aromatic carbocycles. The molecule has 0 bridgehead atoms. The van der Waals surface area contributed by atoms with Crippen LogP contribution < -0.4 is 68.9 Å². The zero-order valence-corrected chi connectivity index (χ0v) is 17.3. The fourth-order valence-electron chi connectivity index (χ4n) is 2.13. The van der Waals surface area contributed by atoms with E-state index in [9.17, 15) is 17.4 Å². The molecule has 0 fully saturated rings. The van der Waals surface area contributed by atoms with Gasteiger partial charge in [0.05, 0.1) is 15.3 Å². The summed E-state index contributed by atoms with van der Waals surface area (Å²) >= 11 is 0. The Morgan fingerprint density at radius 1 is 1.58 bits per heavy atom. The van der Waals surface area contributed by atoms with E-state index in [4.69, 9.17) is 9.16 Å². The third-order valence-electron chi connectivity index (χ3n) is 2.80. The molecular formula is C12H11CsFNO3S. The van der Waals surface area contributed by atoms with E-state index in [-0.39, 0.29) is 85.2 Å². The van der Waals surface area contributed by atoms with Crippen LogP contribution in [0, 0.1) is 12.3 Å². The smallest absolute Gasteiger partial charge is 0.735 e. The zero-order valence-electron chi connectivity index (χ0n) is 12.2. The Kier molecular flexibility index (Phi) is 5.42. The molecule has 2 rings (SSSR count). The largest absolute Gasteiger partial charge is 1.00 e. The van der Waals surface area contributed by atoms with Crippen LogP contribution in [0.4, 0.5) is 4.39 Å². The van der Waals surface area contributed by atoms with E-state index in [1.807, 2.05) is 0 Å². The summed E-state index contributed by atoms with van der Waals surface area (Å²) in [5.41, 5.74) is 0.796. The molecular weight excluding hydrogens is 389 g/mol. The van der Waals surface area contributed by atoms with E-state index in [2.05, 4.69) is 0 Å². The van der Waals surface area contributed by atoms with Crippen molar-refractivity contribution in [3.63, 3.8) is 0 Å². The van der Waals surface area contributed by atoms with Gasteiger partial charge in [-0.05, 0) is 11.1 Å². The number of terminal acetylenes is 1. The maximum atomic E-state index is 14.1. The summed E-state index contributed by atoms with van der Waals surface area (Å²) < 4.78 is 63.1. The van der Waals surface area contributed by atoms with E-state index in [1.54, 1.807) is 24.1 Å². The van der Waals surface area contributed by atoms with E-state index >= 15 is 0 Å². The summed E-state index contributed by atoms with van der Waals surface area (Å²) in [6.07, 6.45) is 3.13. The summed E-state index contributed by atoms with van der Waals surface area (Å²) in [6.45, 7) is -2.90. The quantitative estimate of drug-likeness (QED) is 0.435. The summed E-state index contributed by atoms with van der Waals surface area (Å²) in [7, 11) is -5.27. The molecule has 0 radical (unpaired) electrons.